The van der Waals surface area contributed by atoms with Gasteiger partial charge in [0.05, 0.1) is 27.0 Å². The summed E-state index contributed by atoms with van der Waals surface area (Å²) in [6.07, 6.45) is 0. The zero-order valence-corrected chi connectivity index (χ0v) is 25.8. The number of methoxy groups -OCH3 is 3. The van der Waals surface area contributed by atoms with Crippen LogP contribution in [0.15, 0.2) is 54.6 Å². The summed E-state index contributed by atoms with van der Waals surface area (Å²) in [5, 5.41) is 8.90. The fraction of sp³-hybridized carbons (Fsp3) is 0.438. The molecule has 11 heteroatoms. The van der Waals surface area contributed by atoms with Crippen LogP contribution in [-0.4, -0.2) is 117 Å². The van der Waals surface area contributed by atoms with E-state index < -0.39 is 0 Å². The smallest absolute Gasteiger partial charge is 0.254 e. The van der Waals surface area contributed by atoms with Gasteiger partial charge in [-0.3, -0.25) is 9.59 Å². The van der Waals surface area contributed by atoms with Gasteiger partial charge < -0.3 is 33.8 Å². The molecule has 1 fully saturated rings. The average molecular weight is 591 g/mol. The van der Waals surface area contributed by atoms with Gasteiger partial charge in [-0.2, -0.15) is 0 Å². The van der Waals surface area contributed by atoms with Crippen LogP contribution in [0.3, 0.4) is 0 Å². The Morgan fingerprint density at radius 2 is 1.53 bits per heavy atom. The molecule has 4 rings (SSSR count). The van der Waals surface area contributed by atoms with E-state index in [2.05, 4.69) is 33.8 Å². The quantitative estimate of drug-likeness (QED) is 0.297. The molecular formula is C32H42N6O5. The highest BCUT2D eigenvalue weighted by molar-refractivity contribution is 5.97. The van der Waals surface area contributed by atoms with Gasteiger partial charge in [0.15, 0.2) is 5.82 Å². The lowest BCUT2D eigenvalue weighted by molar-refractivity contribution is -0.132. The molecule has 43 heavy (non-hydrogen) atoms. The van der Waals surface area contributed by atoms with Gasteiger partial charge in [0.1, 0.15) is 23.8 Å². The van der Waals surface area contributed by atoms with Gasteiger partial charge in [-0.05, 0) is 55.6 Å². The first-order chi connectivity index (χ1) is 20.9. The first-order valence-corrected chi connectivity index (χ1v) is 14.6. The van der Waals surface area contributed by atoms with E-state index in [0.717, 1.165) is 24.5 Å². The second-order valence-corrected chi connectivity index (χ2v) is 10.2. The molecule has 1 saturated heterocycles. The molecular weight excluding hydrogens is 548 g/mol. The van der Waals surface area contributed by atoms with Crippen molar-refractivity contribution >= 4 is 17.6 Å². The van der Waals surface area contributed by atoms with Crippen LogP contribution in [0.1, 0.15) is 24.2 Å². The Kier molecular flexibility index (Phi) is 11.2. The first-order valence-electron chi connectivity index (χ1n) is 14.6. The van der Waals surface area contributed by atoms with Crippen molar-refractivity contribution in [3.8, 4) is 28.5 Å². The second-order valence-electron chi connectivity index (χ2n) is 10.2. The lowest BCUT2D eigenvalue weighted by Gasteiger charge is -2.36. The minimum atomic E-state index is -0.179. The molecule has 1 aromatic heterocycles. The lowest BCUT2D eigenvalue weighted by Crippen LogP contribution is -2.52. The predicted molar refractivity (Wildman–Crippen MR) is 166 cm³/mol. The molecule has 0 aliphatic carbocycles. The van der Waals surface area contributed by atoms with Crippen molar-refractivity contribution in [2.75, 3.05) is 85.1 Å². The van der Waals surface area contributed by atoms with Gasteiger partial charge in [0.2, 0.25) is 5.91 Å². The summed E-state index contributed by atoms with van der Waals surface area (Å²) >= 11 is 0. The maximum atomic E-state index is 13.5. The molecule has 0 saturated carbocycles. The topological polar surface area (TPSA) is 101 Å². The summed E-state index contributed by atoms with van der Waals surface area (Å²) in [7, 11) is 4.80. The average Bonchev–Trinajstić information content (AvgIpc) is 3.07. The molecule has 0 radical (unpaired) electrons. The van der Waals surface area contributed by atoms with E-state index in [1.807, 2.05) is 35.2 Å². The molecule has 1 aliphatic heterocycles. The van der Waals surface area contributed by atoms with Crippen molar-refractivity contribution in [2.45, 2.75) is 13.8 Å². The predicted octanol–water partition coefficient (Wildman–Crippen LogP) is 3.30. The Bertz CT molecular complexity index is 1360. The molecule has 0 bridgehead atoms. The van der Waals surface area contributed by atoms with Crippen LogP contribution in [0, 0.1) is 0 Å². The Morgan fingerprint density at radius 1 is 0.814 bits per heavy atom. The summed E-state index contributed by atoms with van der Waals surface area (Å²) in [5.74, 6) is 2.47. The highest BCUT2D eigenvalue weighted by Gasteiger charge is 2.26. The van der Waals surface area contributed by atoms with Crippen LogP contribution in [-0.2, 0) is 4.79 Å². The van der Waals surface area contributed by atoms with E-state index in [-0.39, 0.29) is 18.4 Å². The number of amides is 2. The Labute approximate surface area is 253 Å². The number of carbonyl (C=O) groups is 2. The van der Waals surface area contributed by atoms with Gasteiger partial charge in [-0.15, -0.1) is 10.2 Å². The van der Waals surface area contributed by atoms with E-state index in [1.165, 1.54) is 0 Å². The van der Waals surface area contributed by atoms with Crippen LogP contribution in [0.2, 0.25) is 0 Å². The summed E-state index contributed by atoms with van der Waals surface area (Å²) < 4.78 is 16.1. The maximum Gasteiger partial charge on any atom is 0.254 e. The van der Waals surface area contributed by atoms with E-state index in [0.29, 0.717) is 67.8 Å². The number of rotatable bonds is 13. The lowest BCUT2D eigenvalue weighted by atomic mass is 10.1. The minimum absolute atomic E-state index is 0.0233. The molecule has 0 spiro atoms. The fourth-order valence-electron chi connectivity index (χ4n) is 5.09. The highest BCUT2D eigenvalue weighted by atomic mass is 16.5. The van der Waals surface area contributed by atoms with Crippen molar-refractivity contribution in [3.05, 3.63) is 60.2 Å². The standard InChI is InChI=1S/C32H42N6O5/c1-6-35(7-2)15-16-38(32(40)24-9-8-10-25(21-24)41-3)23-31(39)37-19-17-36(18-20-37)30-14-13-28(33-34-30)27-12-11-26(42-4)22-29(27)43-5/h8-14,21-22H,6-7,15-20,23H2,1-5H3. The molecule has 0 atom stereocenters. The van der Waals surface area contributed by atoms with Crippen LogP contribution >= 0.6 is 0 Å². The SMILES string of the molecule is CCN(CC)CCN(CC(=O)N1CCN(c2ccc(-c3ccc(OC)cc3OC)nn2)CC1)C(=O)c1cccc(OC)c1. The number of hydrogen-bond acceptors (Lipinski definition) is 9. The van der Waals surface area contributed by atoms with Gasteiger partial charge in [0.25, 0.3) is 5.91 Å². The van der Waals surface area contributed by atoms with E-state index >= 15 is 0 Å². The zero-order valence-electron chi connectivity index (χ0n) is 25.8. The third-order valence-corrected chi connectivity index (χ3v) is 7.80. The van der Waals surface area contributed by atoms with Crippen LogP contribution in [0.5, 0.6) is 17.2 Å². The first kappa shape index (κ1) is 31.6. The summed E-state index contributed by atoms with van der Waals surface area (Å²) in [4.78, 5) is 34.8. The fourth-order valence-corrected chi connectivity index (χ4v) is 5.09. The van der Waals surface area contributed by atoms with Crippen molar-refractivity contribution < 1.29 is 23.8 Å². The number of likely N-dealkylation sites (N-methyl/N-ethyl adjacent to an activating group) is 1. The number of anilines is 1. The Morgan fingerprint density at radius 3 is 2.16 bits per heavy atom. The highest BCUT2D eigenvalue weighted by Crippen LogP contribution is 2.32. The Hall–Kier alpha value is -4.38. The largest absolute Gasteiger partial charge is 0.497 e. The van der Waals surface area contributed by atoms with E-state index in [1.54, 1.807) is 50.5 Å². The number of hydrogen-bond donors (Lipinski definition) is 0. The summed E-state index contributed by atoms with van der Waals surface area (Å²) in [5.41, 5.74) is 2.03. The number of nitrogens with zero attached hydrogens (tertiary/aromatic N) is 6. The van der Waals surface area contributed by atoms with Crippen LogP contribution in [0.4, 0.5) is 5.82 Å². The second kappa shape index (κ2) is 15.2. The number of ether oxygens (including phenoxy) is 3. The van der Waals surface area contributed by atoms with E-state index in [9.17, 15) is 9.59 Å². The molecule has 2 amide bonds. The maximum absolute atomic E-state index is 13.5. The number of carbonyl (C=O) groups excluding carboxylic acids is 2. The van der Waals surface area contributed by atoms with Gasteiger partial charge >= 0.3 is 0 Å². The Balaban J connectivity index is 1.39. The molecule has 0 N–H and O–H groups in total. The van der Waals surface area contributed by atoms with Gasteiger partial charge in [-0.1, -0.05) is 19.9 Å². The molecule has 0 unspecified atom stereocenters. The third-order valence-electron chi connectivity index (χ3n) is 7.80. The number of piperazine rings is 1. The van der Waals surface area contributed by atoms with Crippen molar-refractivity contribution in [1.29, 1.82) is 0 Å². The molecule has 1 aliphatic rings. The monoisotopic (exact) mass is 590 g/mol. The molecule has 11 nitrogen and oxygen atoms in total. The minimum Gasteiger partial charge on any atom is -0.497 e. The van der Waals surface area contributed by atoms with E-state index in [4.69, 9.17) is 14.2 Å². The zero-order chi connectivity index (χ0) is 30.8. The normalized spacial score (nSPS) is 13.2. The molecule has 2 heterocycles. The summed E-state index contributed by atoms with van der Waals surface area (Å²) in [6, 6.07) is 16.5. The third kappa shape index (κ3) is 7.92. The van der Waals surface area contributed by atoms with Crippen LogP contribution < -0.4 is 19.1 Å². The van der Waals surface area contributed by atoms with Crippen molar-refractivity contribution in [1.82, 2.24) is 24.9 Å². The van der Waals surface area contributed by atoms with Gasteiger partial charge in [0, 0.05) is 56.5 Å². The van der Waals surface area contributed by atoms with Crippen LogP contribution in [0.25, 0.3) is 11.3 Å². The molecule has 3 aromatic rings. The molecule has 2 aromatic carbocycles. The van der Waals surface area contributed by atoms with Crippen molar-refractivity contribution in [2.24, 2.45) is 0 Å². The van der Waals surface area contributed by atoms with Gasteiger partial charge in [-0.25, -0.2) is 0 Å². The number of aromatic nitrogens is 2. The van der Waals surface area contributed by atoms with Crippen molar-refractivity contribution in [3.63, 3.8) is 0 Å². The molecule has 230 valence electrons. The summed E-state index contributed by atoms with van der Waals surface area (Å²) in [6.45, 7) is 9.44. The number of benzene rings is 2.